The highest BCUT2D eigenvalue weighted by Gasteiger charge is 2.36. The molecule has 0 saturated carbocycles. The third kappa shape index (κ3) is 7.14. The summed E-state index contributed by atoms with van der Waals surface area (Å²) in [5.41, 5.74) is 3.39. The van der Waals surface area contributed by atoms with Crippen molar-refractivity contribution in [2.45, 2.75) is 51.4 Å². The Labute approximate surface area is 236 Å². The molecule has 6 nitrogen and oxygen atoms in total. The van der Waals surface area contributed by atoms with Crippen LogP contribution in [0.15, 0.2) is 24.3 Å². The first-order chi connectivity index (χ1) is 18.7. The minimum absolute atomic E-state index is 0.167. The number of hydrogen-bond donors (Lipinski definition) is 2. The Bertz CT molecular complexity index is 1120. The standard InChI is InChI=1S/C30H38O6S2/c31-28-23-10-9-22(8-4-2-6-18-38)30-27(23)29(32)26-24(28)19-21(7-3-1-5-17-37)20-25(26)35-15-13-33-11-12-34-14-16-36-30/h9-10,19-20,37-38H,1-8,11-18H2. The first kappa shape index (κ1) is 29.0. The van der Waals surface area contributed by atoms with Gasteiger partial charge in [-0.2, -0.15) is 25.3 Å². The van der Waals surface area contributed by atoms with E-state index in [0.29, 0.717) is 60.2 Å². The van der Waals surface area contributed by atoms with E-state index in [1.165, 1.54) is 0 Å². The monoisotopic (exact) mass is 558 g/mol. The number of carbonyl (C=O) groups excluding carboxylic acids is 2. The molecule has 2 aromatic rings. The van der Waals surface area contributed by atoms with Crippen molar-refractivity contribution in [2.24, 2.45) is 0 Å². The van der Waals surface area contributed by atoms with E-state index in [2.05, 4.69) is 25.3 Å². The quantitative estimate of drug-likeness (QED) is 0.251. The van der Waals surface area contributed by atoms with Crippen LogP contribution in [0.3, 0.4) is 0 Å². The fraction of sp³-hybridized carbons (Fsp3) is 0.533. The van der Waals surface area contributed by atoms with Gasteiger partial charge in [0, 0.05) is 11.1 Å². The second-order valence-electron chi connectivity index (χ2n) is 9.64. The summed E-state index contributed by atoms with van der Waals surface area (Å²) < 4.78 is 23.6. The van der Waals surface area contributed by atoms with Crippen molar-refractivity contribution in [3.05, 3.63) is 57.6 Å². The number of ether oxygens (including phenoxy) is 4. The summed E-state index contributed by atoms with van der Waals surface area (Å²) in [6.45, 7) is 2.18. The number of benzene rings is 2. The maximum atomic E-state index is 14.1. The number of ketones is 2. The summed E-state index contributed by atoms with van der Waals surface area (Å²) >= 11 is 8.61. The van der Waals surface area contributed by atoms with E-state index < -0.39 is 0 Å². The fourth-order valence-electron chi connectivity index (χ4n) is 4.97. The van der Waals surface area contributed by atoms with Crippen molar-refractivity contribution < 1.29 is 28.5 Å². The third-order valence-corrected chi connectivity index (χ3v) is 7.54. The average Bonchev–Trinajstić information content (AvgIpc) is 2.93. The van der Waals surface area contributed by atoms with Gasteiger partial charge in [-0.15, -0.1) is 0 Å². The van der Waals surface area contributed by atoms with Gasteiger partial charge in [0.05, 0.1) is 37.6 Å². The minimum atomic E-state index is -0.227. The fourth-order valence-corrected chi connectivity index (χ4v) is 5.42. The summed E-state index contributed by atoms with van der Waals surface area (Å²) in [4.78, 5) is 28.0. The van der Waals surface area contributed by atoms with Gasteiger partial charge in [-0.1, -0.05) is 18.9 Å². The molecule has 0 atom stereocenters. The predicted octanol–water partition coefficient (Wildman–Crippen LogP) is 5.55. The smallest absolute Gasteiger partial charge is 0.201 e. The van der Waals surface area contributed by atoms with Gasteiger partial charge in [-0.3, -0.25) is 9.59 Å². The highest BCUT2D eigenvalue weighted by Crippen LogP contribution is 2.40. The van der Waals surface area contributed by atoms with Gasteiger partial charge in [0.25, 0.3) is 0 Å². The van der Waals surface area contributed by atoms with Crippen LogP contribution in [0, 0.1) is 0 Å². The minimum Gasteiger partial charge on any atom is -0.490 e. The van der Waals surface area contributed by atoms with E-state index >= 15 is 0 Å². The summed E-state index contributed by atoms with van der Waals surface area (Å²) in [7, 11) is 0. The van der Waals surface area contributed by atoms with Crippen molar-refractivity contribution in [1.29, 1.82) is 0 Å². The molecule has 38 heavy (non-hydrogen) atoms. The lowest BCUT2D eigenvalue weighted by molar-refractivity contribution is 0.0273. The Balaban J connectivity index is 1.75. The molecule has 1 heterocycles. The van der Waals surface area contributed by atoms with E-state index in [0.717, 1.165) is 74.0 Å². The van der Waals surface area contributed by atoms with Crippen LogP contribution in [0.2, 0.25) is 0 Å². The van der Waals surface area contributed by atoms with Gasteiger partial charge in [0.15, 0.2) is 5.78 Å². The van der Waals surface area contributed by atoms with Gasteiger partial charge in [0.1, 0.15) is 24.7 Å². The molecular weight excluding hydrogens is 520 g/mol. The topological polar surface area (TPSA) is 71.1 Å². The molecule has 0 unspecified atom stereocenters. The second kappa shape index (κ2) is 15.0. The molecule has 0 N–H and O–H groups in total. The Hall–Kier alpha value is -2.00. The van der Waals surface area contributed by atoms with E-state index in [1.807, 2.05) is 18.2 Å². The Morgan fingerprint density at radius 3 is 2.00 bits per heavy atom. The molecule has 0 fully saturated rings. The molecule has 206 valence electrons. The van der Waals surface area contributed by atoms with E-state index in [1.54, 1.807) is 6.07 Å². The summed E-state index contributed by atoms with van der Waals surface area (Å²) in [6, 6.07) is 7.51. The van der Waals surface area contributed by atoms with Gasteiger partial charge in [-0.05, 0) is 79.4 Å². The lowest BCUT2D eigenvalue weighted by atomic mass is 9.80. The number of rotatable bonds is 10. The zero-order chi connectivity index (χ0) is 26.7. The maximum absolute atomic E-state index is 14.1. The van der Waals surface area contributed by atoms with Crippen molar-refractivity contribution >= 4 is 36.8 Å². The first-order valence-corrected chi connectivity index (χ1v) is 15.0. The van der Waals surface area contributed by atoms with E-state index in [4.69, 9.17) is 18.9 Å². The molecule has 2 aliphatic rings. The van der Waals surface area contributed by atoms with E-state index in [9.17, 15) is 9.59 Å². The van der Waals surface area contributed by atoms with Crippen LogP contribution in [0.1, 0.15) is 81.5 Å². The molecule has 0 radical (unpaired) electrons. The number of thiol groups is 2. The van der Waals surface area contributed by atoms with E-state index in [-0.39, 0.29) is 24.8 Å². The number of carbonyl (C=O) groups is 2. The number of aryl methyl sites for hydroxylation is 2. The van der Waals surface area contributed by atoms with Crippen LogP contribution >= 0.6 is 25.3 Å². The Morgan fingerprint density at radius 1 is 0.632 bits per heavy atom. The van der Waals surface area contributed by atoms with Crippen molar-refractivity contribution in [3.63, 3.8) is 0 Å². The third-order valence-electron chi connectivity index (χ3n) is 6.90. The van der Waals surface area contributed by atoms with Crippen LogP contribution in [0.4, 0.5) is 0 Å². The lowest BCUT2D eigenvalue weighted by Gasteiger charge is -2.25. The molecule has 1 aliphatic heterocycles. The molecule has 0 saturated heterocycles. The summed E-state index contributed by atoms with van der Waals surface area (Å²) in [6.07, 6.45) is 7.66. The Kier molecular flexibility index (Phi) is 11.4. The van der Waals surface area contributed by atoms with Crippen molar-refractivity contribution in [3.8, 4) is 11.5 Å². The second-order valence-corrected chi connectivity index (χ2v) is 10.5. The zero-order valence-electron chi connectivity index (χ0n) is 22.0. The molecule has 2 aromatic carbocycles. The molecule has 1 aliphatic carbocycles. The van der Waals surface area contributed by atoms with Crippen LogP contribution < -0.4 is 9.47 Å². The Morgan fingerprint density at radius 2 is 1.29 bits per heavy atom. The van der Waals surface area contributed by atoms with Gasteiger partial charge >= 0.3 is 0 Å². The molecule has 2 bridgehead atoms. The maximum Gasteiger partial charge on any atom is 0.201 e. The normalized spacial score (nSPS) is 15.8. The molecule has 4 rings (SSSR count). The number of hydrogen-bond acceptors (Lipinski definition) is 8. The highest BCUT2D eigenvalue weighted by atomic mass is 32.1. The molecule has 0 aromatic heterocycles. The van der Waals surface area contributed by atoms with Gasteiger partial charge < -0.3 is 18.9 Å². The highest BCUT2D eigenvalue weighted by molar-refractivity contribution is 7.80. The molecule has 0 amide bonds. The molecule has 8 heteroatoms. The summed E-state index contributed by atoms with van der Waals surface area (Å²) in [5, 5.41) is 0. The van der Waals surface area contributed by atoms with Crippen LogP contribution in [-0.4, -0.2) is 62.7 Å². The zero-order valence-corrected chi connectivity index (χ0v) is 23.8. The van der Waals surface area contributed by atoms with Crippen LogP contribution in [0.5, 0.6) is 11.5 Å². The van der Waals surface area contributed by atoms with Crippen LogP contribution in [-0.2, 0) is 22.3 Å². The first-order valence-electron chi connectivity index (χ1n) is 13.7. The van der Waals surface area contributed by atoms with Crippen molar-refractivity contribution in [1.82, 2.24) is 0 Å². The lowest BCUT2D eigenvalue weighted by Crippen LogP contribution is -2.24. The molecular formula is C30H38O6S2. The van der Waals surface area contributed by atoms with Gasteiger partial charge in [0.2, 0.25) is 5.78 Å². The van der Waals surface area contributed by atoms with Crippen molar-refractivity contribution in [2.75, 3.05) is 51.1 Å². The van der Waals surface area contributed by atoms with Crippen LogP contribution in [0.25, 0.3) is 0 Å². The van der Waals surface area contributed by atoms with Gasteiger partial charge in [-0.25, -0.2) is 0 Å². The summed E-state index contributed by atoms with van der Waals surface area (Å²) in [5.74, 6) is 2.24. The average molecular weight is 559 g/mol. The SMILES string of the molecule is O=C1c2cc(CCCCCS)cc3c2C(=O)c2c1ccc(CCCCCS)c2OCCOCCOCCO3. The molecule has 0 spiro atoms. The number of unbranched alkanes of at least 4 members (excludes halogenated alkanes) is 4. The predicted molar refractivity (Wildman–Crippen MR) is 155 cm³/mol. The largest absolute Gasteiger partial charge is 0.490 e.